The highest BCUT2D eigenvalue weighted by molar-refractivity contribution is 5.94. The second-order valence-corrected chi connectivity index (χ2v) is 5.10. The van der Waals surface area contributed by atoms with Crippen LogP contribution in [0.15, 0.2) is 60.8 Å². The Labute approximate surface area is 125 Å². The summed E-state index contributed by atoms with van der Waals surface area (Å²) < 4.78 is 0. The van der Waals surface area contributed by atoms with E-state index >= 15 is 0 Å². The zero-order valence-corrected chi connectivity index (χ0v) is 12.2. The van der Waals surface area contributed by atoms with Gasteiger partial charge in [0.15, 0.2) is 0 Å². The minimum atomic E-state index is 0.562. The molecule has 0 radical (unpaired) electrons. The Morgan fingerprint density at radius 2 is 1.81 bits per heavy atom. The third-order valence-electron chi connectivity index (χ3n) is 3.71. The van der Waals surface area contributed by atoms with Gasteiger partial charge >= 0.3 is 0 Å². The van der Waals surface area contributed by atoms with Crippen LogP contribution in [0.3, 0.4) is 0 Å². The lowest BCUT2D eigenvalue weighted by molar-refractivity contribution is 0.832. The largest absolute Gasteiger partial charge is 0.384 e. The van der Waals surface area contributed by atoms with Crippen LogP contribution in [0.4, 0.5) is 11.5 Å². The third-order valence-corrected chi connectivity index (χ3v) is 3.71. The Hall–Kier alpha value is -2.55. The van der Waals surface area contributed by atoms with E-state index in [1.165, 1.54) is 22.0 Å². The minimum Gasteiger partial charge on any atom is -0.384 e. The Bertz CT molecular complexity index is 730. The summed E-state index contributed by atoms with van der Waals surface area (Å²) in [6.45, 7) is 3.95. The Balaban J connectivity index is 1.96. The van der Waals surface area contributed by atoms with Crippen molar-refractivity contribution >= 4 is 22.3 Å². The van der Waals surface area contributed by atoms with Crippen molar-refractivity contribution in [2.45, 2.75) is 13.5 Å². The van der Waals surface area contributed by atoms with E-state index in [-0.39, 0.29) is 0 Å². The van der Waals surface area contributed by atoms with Gasteiger partial charge in [-0.2, -0.15) is 0 Å². The normalized spacial score (nSPS) is 10.7. The van der Waals surface area contributed by atoms with Crippen LogP contribution in [0, 0.1) is 0 Å². The maximum atomic E-state index is 5.65. The number of pyridine rings is 1. The van der Waals surface area contributed by atoms with Crippen LogP contribution in [0.1, 0.15) is 12.5 Å². The number of nitrogens with two attached hydrogens (primary N) is 1. The van der Waals surface area contributed by atoms with Gasteiger partial charge in [-0.05, 0) is 30.0 Å². The average Bonchev–Trinajstić information content (AvgIpc) is 2.54. The second-order valence-electron chi connectivity index (χ2n) is 5.10. The molecule has 2 N–H and O–H groups in total. The standard InChI is InChI=1S/C18H19N3/c1-2-21(13-14-10-11-18(19)20-12-14)17-9-5-7-15-6-3-4-8-16(15)17/h3-12H,2,13H2,1H3,(H2,19,20). The van der Waals surface area contributed by atoms with Gasteiger partial charge in [0.25, 0.3) is 0 Å². The smallest absolute Gasteiger partial charge is 0.123 e. The van der Waals surface area contributed by atoms with Crippen LogP contribution < -0.4 is 10.6 Å². The molecule has 3 nitrogen and oxygen atoms in total. The molecule has 0 atom stereocenters. The van der Waals surface area contributed by atoms with Crippen molar-refractivity contribution in [3.05, 3.63) is 66.4 Å². The van der Waals surface area contributed by atoms with E-state index in [4.69, 9.17) is 5.73 Å². The van der Waals surface area contributed by atoms with Crippen molar-refractivity contribution in [1.29, 1.82) is 0 Å². The van der Waals surface area contributed by atoms with Crippen molar-refractivity contribution in [2.75, 3.05) is 17.2 Å². The Morgan fingerprint density at radius 3 is 2.57 bits per heavy atom. The molecule has 3 aromatic rings. The lowest BCUT2D eigenvalue weighted by Gasteiger charge is -2.24. The van der Waals surface area contributed by atoms with Crippen molar-refractivity contribution < 1.29 is 0 Å². The number of nitrogens with zero attached hydrogens (tertiary/aromatic N) is 2. The summed E-state index contributed by atoms with van der Waals surface area (Å²) in [6, 6.07) is 18.8. The molecule has 0 aliphatic carbocycles. The van der Waals surface area contributed by atoms with Crippen molar-refractivity contribution in [1.82, 2.24) is 4.98 Å². The lowest BCUT2D eigenvalue weighted by atomic mass is 10.1. The molecule has 3 heteroatoms. The van der Waals surface area contributed by atoms with Crippen LogP contribution >= 0.6 is 0 Å². The molecule has 0 saturated heterocycles. The number of rotatable bonds is 4. The summed E-state index contributed by atoms with van der Waals surface area (Å²) >= 11 is 0. The number of benzene rings is 2. The molecule has 0 aliphatic heterocycles. The van der Waals surface area contributed by atoms with Gasteiger partial charge in [-0.1, -0.05) is 42.5 Å². The lowest BCUT2D eigenvalue weighted by Crippen LogP contribution is -2.22. The fourth-order valence-corrected chi connectivity index (χ4v) is 2.60. The molecule has 0 unspecified atom stereocenters. The first-order chi connectivity index (χ1) is 10.3. The molecule has 3 rings (SSSR count). The van der Waals surface area contributed by atoms with E-state index in [9.17, 15) is 0 Å². The van der Waals surface area contributed by atoms with Gasteiger partial charge in [-0.3, -0.25) is 0 Å². The number of anilines is 2. The quantitative estimate of drug-likeness (QED) is 0.787. The van der Waals surface area contributed by atoms with Gasteiger partial charge in [-0.15, -0.1) is 0 Å². The van der Waals surface area contributed by atoms with Crippen LogP contribution in [0.25, 0.3) is 10.8 Å². The molecule has 2 aromatic carbocycles. The molecule has 1 aromatic heterocycles. The van der Waals surface area contributed by atoms with E-state index < -0.39 is 0 Å². The molecule has 0 spiro atoms. The van der Waals surface area contributed by atoms with E-state index in [1.54, 1.807) is 0 Å². The molecule has 0 bridgehead atoms. The van der Waals surface area contributed by atoms with Crippen LogP contribution in [0.5, 0.6) is 0 Å². The molecule has 106 valence electrons. The third kappa shape index (κ3) is 2.82. The zero-order valence-electron chi connectivity index (χ0n) is 12.2. The predicted octanol–water partition coefficient (Wildman–Crippen LogP) is 3.84. The maximum Gasteiger partial charge on any atom is 0.123 e. The Kier molecular flexibility index (Phi) is 3.73. The van der Waals surface area contributed by atoms with Gasteiger partial charge < -0.3 is 10.6 Å². The van der Waals surface area contributed by atoms with Gasteiger partial charge in [0.1, 0.15) is 5.82 Å². The van der Waals surface area contributed by atoms with Gasteiger partial charge in [0.2, 0.25) is 0 Å². The van der Waals surface area contributed by atoms with Gasteiger partial charge in [-0.25, -0.2) is 4.98 Å². The highest BCUT2D eigenvalue weighted by Gasteiger charge is 2.09. The van der Waals surface area contributed by atoms with E-state index in [1.807, 2.05) is 18.3 Å². The summed E-state index contributed by atoms with van der Waals surface area (Å²) in [6.07, 6.45) is 1.85. The molecule has 0 saturated carbocycles. The molecule has 21 heavy (non-hydrogen) atoms. The highest BCUT2D eigenvalue weighted by atomic mass is 15.1. The molecule has 0 fully saturated rings. The number of fused-ring (bicyclic) bond motifs is 1. The Morgan fingerprint density at radius 1 is 1.00 bits per heavy atom. The van der Waals surface area contributed by atoms with E-state index in [0.29, 0.717) is 5.82 Å². The fourth-order valence-electron chi connectivity index (χ4n) is 2.60. The summed E-state index contributed by atoms with van der Waals surface area (Å²) in [5, 5.41) is 2.55. The summed E-state index contributed by atoms with van der Waals surface area (Å²) in [5.41, 5.74) is 8.07. The highest BCUT2D eigenvalue weighted by Crippen LogP contribution is 2.27. The van der Waals surface area contributed by atoms with Crippen LogP contribution in [-0.2, 0) is 6.54 Å². The van der Waals surface area contributed by atoms with Crippen molar-refractivity contribution in [3.63, 3.8) is 0 Å². The minimum absolute atomic E-state index is 0.562. The van der Waals surface area contributed by atoms with Crippen molar-refractivity contribution in [3.8, 4) is 0 Å². The maximum absolute atomic E-state index is 5.65. The molecule has 1 heterocycles. The topological polar surface area (TPSA) is 42.1 Å². The first-order valence-corrected chi connectivity index (χ1v) is 7.21. The molecule has 0 aliphatic rings. The first-order valence-electron chi connectivity index (χ1n) is 7.21. The second kappa shape index (κ2) is 5.83. The molecular formula is C18H19N3. The van der Waals surface area contributed by atoms with Crippen LogP contribution in [-0.4, -0.2) is 11.5 Å². The van der Waals surface area contributed by atoms with Gasteiger partial charge in [0, 0.05) is 30.4 Å². The summed E-state index contributed by atoms with van der Waals surface area (Å²) in [4.78, 5) is 6.53. The number of hydrogen-bond donors (Lipinski definition) is 1. The van der Waals surface area contributed by atoms with E-state index in [2.05, 4.69) is 59.3 Å². The zero-order chi connectivity index (χ0) is 14.7. The number of hydrogen-bond acceptors (Lipinski definition) is 3. The predicted molar refractivity (Wildman–Crippen MR) is 89.3 cm³/mol. The summed E-state index contributed by atoms with van der Waals surface area (Å²) in [7, 11) is 0. The number of nitrogen functional groups attached to an aromatic ring is 1. The average molecular weight is 277 g/mol. The van der Waals surface area contributed by atoms with Crippen molar-refractivity contribution in [2.24, 2.45) is 0 Å². The number of aromatic nitrogens is 1. The molecule has 0 amide bonds. The monoisotopic (exact) mass is 277 g/mol. The summed E-state index contributed by atoms with van der Waals surface area (Å²) in [5.74, 6) is 0.562. The fraction of sp³-hybridized carbons (Fsp3) is 0.167. The first kappa shape index (κ1) is 13.4. The molecular weight excluding hydrogens is 258 g/mol. The SMILES string of the molecule is CCN(Cc1ccc(N)nc1)c1cccc2ccccc12. The van der Waals surface area contributed by atoms with Crippen LogP contribution in [0.2, 0.25) is 0 Å². The van der Waals surface area contributed by atoms with Gasteiger partial charge in [0.05, 0.1) is 0 Å². The van der Waals surface area contributed by atoms with E-state index in [0.717, 1.165) is 13.1 Å².